The summed E-state index contributed by atoms with van der Waals surface area (Å²) in [6, 6.07) is 15.6. The summed E-state index contributed by atoms with van der Waals surface area (Å²) in [5.41, 5.74) is 2.57. The number of nitrogens with zero attached hydrogens (tertiary/aromatic N) is 4. The number of fused-ring (bicyclic) bond motifs is 1. The lowest BCUT2D eigenvalue weighted by Crippen LogP contribution is -2.47. The summed E-state index contributed by atoms with van der Waals surface area (Å²) in [4.78, 5) is 41.4. The molecule has 2 aliphatic carbocycles. The molecule has 4 aromatic rings. The maximum absolute atomic E-state index is 13.1. The number of ether oxygens (including phenoxy) is 2. The van der Waals surface area contributed by atoms with E-state index in [1.54, 1.807) is 17.3 Å². The lowest BCUT2D eigenvalue weighted by molar-refractivity contribution is -0.117. The van der Waals surface area contributed by atoms with Gasteiger partial charge in [0.1, 0.15) is 11.4 Å². The van der Waals surface area contributed by atoms with Crippen molar-refractivity contribution in [2.24, 2.45) is 17.8 Å². The zero-order valence-electron chi connectivity index (χ0n) is 27.5. The fourth-order valence-corrected chi connectivity index (χ4v) is 6.58. The van der Waals surface area contributed by atoms with Gasteiger partial charge in [-0.3, -0.25) is 4.79 Å². The van der Waals surface area contributed by atoms with Crippen molar-refractivity contribution >= 4 is 34.4 Å². The fraction of sp³-hybridized carbons (Fsp3) is 0.432. The number of likely N-dealkylation sites (tertiary alicyclic amines) is 1. The van der Waals surface area contributed by atoms with Gasteiger partial charge < -0.3 is 25.0 Å². The van der Waals surface area contributed by atoms with Crippen LogP contribution in [0.2, 0.25) is 0 Å². The third-order valence-corrected chi connectivity index (χ3v) is 9.18. The molecule has 1 saturated heterocycles. The second kappa shape index (κ2) is 12.5. The molecule has 2 aromatic carbocycles. The van der Waals surface area contributed by atoms with Crippen LogP contribution in [0.25, 0.3) is 22.0 Å². The molecular weight excluding hydrogens is 592 g/mol. The van der Waals surface area contributed by atoms with E-state index in [1.165, 1.54) is 12.8 Å². The number of aryl methyl sites for hydroxylation is 1. The molecule has 0 radical (unpaired) electrons. The van der Waals surface area contributed by atoms with E-state index < -0.39 is 5.60 Å². The quantitative estimate of drug-likeness (QED) is 0.204. The predicted octanol–water partition coefficient (Wildman–Crippen LogP) is 7.59. The van der Waals surface area contributed by atoms with Crippen LogP contribution in [0.5, 0.6) is 11.6 Å². The number of hydrogen-bond acceptors (Lipinski definition) is 8. The Kier molecular flexibility index (Phi) is 8.20. The highest BCUT2D eigenvalue weighted by Crippen LogP contribution is 2.54. The van der Waals surface area contributed by atoms with Gasteiger partial charge >= 0.3 is 6.09 Å². The summed E-state index contributed by atoms with van der Waals surface area (Å²) in [6.45, 7) is 8.79. The molecule has 10 nitrogen and oxygen atoms in total. The molecule has 3 fully saturated rings. The normalized spacial score (nSPS) is 20.9. The van der Waals surface area contributed by atoms with Crippen LogP contribution in [0.3, 0.4) is 0 Å². The van der Waals surface area contributed by atoms with E-state index in [1.807, 2.05) is 76.2 Å². The molecule has 2 saturated carbocycles. The van der Waals surface area contributed by atoms with Gasteiger partial charge in [0.25, 0.3) is 0 Å². The van der Waals surface area contributed by atoms with Crippen molar-refractivity contribution in [3.63, 3.8) is 0 Å². The second-order valence-corrected chi connectivity index (χ2v) is 14.1. The average Bonchev–Trinajstić information content (AvgIpc) is 3.96. The van der Waals surface area contributed by atoms with Crippen LogP contribution in [0.15, 0.2) is 60.9 Å². The van der Waals surface area contributed by atoms with Crippen LogP contribution in [-0.4, -0.2) is 56.6 Å². The molecule has 0 spiro atoms. The molecule has 2 aromatic heterocycles. The number of pyridine rings is 1. The number of rotatable bonds is 8. The van der Waals surface area contributed by atoms with Crippen molar-refractivity contribution in [3.8, 4) is 22.9 Å². The van der Waals surface area contributed by atoms with Crippen molar-refractivity contribution < 1.29 is 19.1 Å². The van der Waals surface area contributed by atoms with Gasteiger partial charge in [0.05, 0.1) is 11.3 Å². The maximum atomic E-state index is 13.1. The first-order chi connectivity index (χ1) is 22.6. The second-order valence-electron chi connectivity index (χ2n) is 14.1. The van der Waals surface area contributed by atoms with Gasteiger partial charge in [-0.25, -0.2) is 19.7 Å². The van der Waals surface area contributed by atoms with Gasteiger partial charge in [0.15, 0.2) is 0 Å². The number of anilines is 2. The smallest absolute Gasteiger partial charge is 0.410 e. The van der Waals surface area contributed by atoms with Gasteiger partial charge in [0.2, 0.25) is 17.7 Å². The Bertz CT molecular complexity index is 1820. The van der Waals surface area contributed by atoms with Crippen molar-refractivity contribution in [3.05, 3.63) is 66.5 Å². The van der Waals surface area contributed by atoms with Crippen molar-refractivity contribution in [2.45, 2.75) is 71.4 Å². The fourth-order valence-electron chi connectivity index (χ4n) is 6.58. The Morgan fingerprint density at radius 2 is 1.81 bits per heavy atom. The number of hydrogen-bond donors (Lipinski definition) is 2. The van der Waals surface area contributed by atoms with E-state index in [-0.39, 0.29) is 24.0 Å². The van der Waals surface area contributed by atoms with Gasteiger partial charge in [-0.1, -0.05) is 24.3 Å². The summed E-state index contributed by atoms with van der Waals surface area (Å²) in [5, 5.41) is 8.44. The monoisotopic (exact) mass is 634 g/mol. The van der Waals surface area contributed by atoms with Crippen LogP contribution in [0.1, 0.15) is 58.4 Å². The van der Waals surface area contributed by atoms with Gasteiger partial charge in [-0.05, 0) is 101 Å². The Labute approximate surface area is 275 Å². The zero-order chi connectivity index (χ0) is 32.7. The molecule has 0 bridgehead atoms. The highest BCUT2D eigenvalue weighted by atomic mass is 16.6. The van der Waals surface area contributed by atoms with E-state index in [0.717, 1.165) is 52.8 Å². The van der Waals surface area contributed by atoms with E-state index >= 15 is 0 Å². The topological polar surface area (TPSA) is 119 Å². The van der Waals surface area contributed by atoms with E-state index in [0.29, 0.717) is 42.3 Å². The molecule has 2 amide bonds. The van der Waals surface area contributed by atoms with E-state index in [2.05, 4.69) is 20.6 Å². The van der Waals surface area contributed by atoms with Crippen molar-refractivity contribution in [1.82, 2.24) is 19.9 Å². The lowest BCUT2D eigenvalue weighted by atomic mass is 10.0. The van der Waals surface area contributed by atoms with Crippen LogP contribution in [0, 0.1) is 24.7 Å². The first kappa shape index (κ1) is 30.9. The molecule has 2 N–H and O–H groups in total. The number of nitrogens with one attached hydrogen (secondary N) is 2. The highest BCUT2D eigenvalue weighted by molar-refractivity contribution is 6.05. The van der Waals surface area contributed by atoms with E-state index in [4.69, 9.17) is 14.5 Å². The largest absolute Gasteiger partial charge is 0.444 e. The number of piperidine rings is 1. The van der Waals surface area contributed by atoms with Crippen LogP contribution >= 0.6 is 0 Å². The number of benzene rings is 2. The van der Waals surface area contributed by atoms with E-state index in [9.17, 15) is 9.59 Å². The molecule has 7 rings (SSSR count). The maximum Gasteiger partial charge on any atom is 0.410 e. The molecule has 1 unspecified atom stereocenters. The molecule has 47 heavy (non-hydrogen) atoms. The first-order valence-corrected chi connectivity index (χ1v) is 16.7. The number of aromatic nitrogens is 3. The van der Waals surface area contributed by atoms with Gasteiger partial charge in [-0.2, -0.15) is 0 Å². The van der Waals surface area contributed by atoms with Crippen LogP contribution in [-0.2, 0) is 9.53 Å². The SMILES string of the molecule is Cc1ccc2c(NC(=O)[C@@H]3CC3C3CC3)cccc2c1Oc1ncccc1-c1ccnc(N[C@H]2CCCN(C(=O)OC(C)(C)C)C2)n1. The molecule has 1 aliphatic heterocycles. The molecule has 10 heteroatoms. The summed E-state index contributed by atoms with van der Waals surface area (Å²) >= 11 is 0. The molecule has 244 valence electrons. The van der Waals surface area contributed by atoms with Gasteiger partial charge in [0, 0.05) is 53.9 Å². The molecule has 3 heterocycles. The first-order valence-electron chi connectivity index (χ1n) is 16.7. The summed E-state index contributed by atoms with van der Waals surface area (Å²) in [6.07, 6.45) is 8.38. The zero-order valence-corrected chi connectivity index (χ0v) is 27.5. The number of amides is 2. The van der Waals surface area contributed by atoms with Crippen molar-refractivity contribution in [2.75, 3.05) is 23.7 Å². The summed E-state index contributed by atoms with van der Waals surface area (Å²) in [7, 11) is 0. The third-order valence-electron chi connectivity index (χ3n) is 9.18. The van der Waals surface area contributed by atoms with Crippen molar-refractivity contribution in [1.29, 1.82) is 0 Å². The minimum Gasteiger partial charge on any atom is -0.444 e. The predicted molar refractivity (Wildman–Crippen MR) is 181 cm³/mol. The highest BCUT2D eigenvalue weighted by Gasteiger charge is 2.51. The van der Waals surface area contributed by atoms with Crippen LogP contribution in [0.4, 0.5) is 16.4 Å². The summed E-state index contributed by atoms with van der Waals surface area (Å²) in [5.74, 6) is 3.11. The molecular formula is C37H42N6O4. The third kappa shape index (κ3) is 7.01. The average molecular weight is 635 g/mol. The molecule has 3 aliphatic rings. The number of carbonyl (C=O) groups is 2. The Morgan fingerprint density at radius 3 is 2.62 bits per heavy atom. The number of carbonyl (C=O) groups excluding carboxylic acids is 2. The Balaban J connectivity index is 1.10. The van der Waals surface area contributed by atoms with Crippen LogP contribution < -0.4 is 15.4 Å². The minimum atomic E-state index is -0.545. The summed E-state index contributed by atoms with van der Waals surface area (Å²) < 4.78 is 12.2. The van der Waals surface area contributed by atoms with Gasteiger partial charge in [-0.15, -0.1) is 0 Å². The Morgan fingerprint density at radius 1 is 0.957 bits per heavy atom. The standard InChI is InChI=1S/C37H42N6O4/c1-22-12-15-25-26(9-5-11-30(25)41-33(44)29-20-28(29)23-13-14-23)32(22)46-34-27(10-6-17-38-34)31-16-18-39-35(42-31)40-24-8-7-19-43(21-24)36(45)47-37(2,3)4/h5-6,9-12,15-18,23-24,28-29H,7-8,13-14,19-21H2,1-4H3,(H,41,44)(H,39,40,42)/t24-,28?,29+/m0/s1. The minimum absolute atomic E-state index is 0.0105. The Hall–Kier alpha value is -4.73. The lowest BCUT2D eigenvalue weighted by Gasteiger charge is -2.34. The molecule has 3 atom stereocenters.